The molecule has 1 aliphatic heterocycles. The van der Waals surface area contributed by atoms with E-state index in [1.165, 1.54) is 19.3 Å². The summed E-state index contributed by atoms with van der Waals surface area (Å²) in [6.45, 7) is 2.96. The molecule has 0 aliphatic carbocycles. The Labute approximate surface area is 123 Å². The molecule has 1 heterocycles. The van der Waals surface area contributed by atoms with Gasteiger partial charge in [0.05, 0.1) is 18.8 Å². The van der Waals surface area contributed by atoms with Gasteiger partial charge in [-0.1, -0.05) is 34.8 Å². The lowest BCUT2D eigenvalue weighted by atomic mass is 10.1. The minimum atomic E-state index is -0.471. The molecule has 1 unspecified atom stereocenters. The van der Waals surface area contributed by atoms with Crippen molar-refractivity contribution < 1.29 is 10.2 Å². The third kappa shape index (κ3) is 3.50. The van der Waals surface area contributed by atoms with Gasteiger partial charge in [0.15, 0.2) is 0 Å². The fraction of sp³-hybridized carbons (Fsp3) is 0.600. The topological polar surface area (TPSA) is 43.7 Å². The molecular formula is C15H22BrNO2. The smallest absolute Gasteiger partial charge is 0.0772 e. The molecule has 106 valence electrons. The Kier molecular flexibility index (Phi) is 5.25. The van der Waals surface area contributed by atoms with Crippen molar-refractivity contribution in [2.24, 2.45) is 0 Å². The monoisotopic (exact) mass is 327 g/mol. The lowest BCUT2D eigenvalue weighted by Gasteiger charge is -2.31. The number of nitrogens with zero attached hydrogens (tertiary/aromatic N) is 1. The van der Waals surface area contributed by atoms with Crippen LogP contribution in [-0.2, 0) is 0 Å². The number of benzene rings is 1. The van der Waals surface area contributed by atoms with Crippen LogP contribution in [0.25, 0.3) is 0 Å². The summed E-state index contributed by atoms with van der Waals surface area (Å²) in [7, 11) is 0. The summed E-state index contributed by atoms with van der Waals surface area (Å²) >= 11 is 3.53. The molecule has 0 bridgehead atoms. The fourth-order valence-electron chi connectivity index (χ4n) is 2.74. The molecule has 1 aromatic carbocycles. The second-order valence-corrected chi connectivity index (χ2v) is 6.12. The van der Waals surface area contributed by atoms with Gasteiger partial charge in [0, 0.05) is 16.7 Å². The number of rotatable bonds is 3. The predicted molar refractivity (Wildman–Crippen MR) is 81.5 cm³/mol. The Bertz CT molecular complexity index is 423. The minimum Gasteiger partial charge on any atom is -0.394 e. The van der Waals surface area contributed by atoms with Crippen molar-refractivity contribution in [2.75, 3.05) is 18.1 Å². The third-order valence-corrected chi connectivity index (χ3v) is 4.54. The number of hydrogen-bond donors (Lipinski definition) is 2. The van der Waals surface area contributed by atoms with Gasteiger partial charge in [-0.3, -0.25) is 0 Å². The van der Waals surface area contributed by atoms with Gasteiger partial charge < -0.3 is 15.1 Å². The number of aliphatic hydroxyl groups is 2. The molecular weight excluding hydrogens is 306 g/mol. The largest absolute Gasteiger partial charge is 0.394 e. The molecule has 1 aromatic rings. The Hall–Kier alpha value is -0.580. The molecule has 1 saturated heterocycles. The Morgan fingerprint density at radius 1 is 1.37 bits per heavy atom. The fourth-order valence-corrected chi connectivity index (χ4v) is 3.44. The number of anilines is 1. The van der Waals surface area contributed by atoms with Gasteiger partial charge in [-0.15, -0.1) is 0 Å². The quantitative estimate of drug-likeness (QED) is 0.895. The van der Waals surface area contributed by atoms with Crippen LogP contribution in [0.2, 0.25) is 0 Å². The highest BCUT2D eigenvalue weighted by Crippen LogP contribution is 2.31. The van der Waals surface area contributed by atoms with E-state index >= 15 is 0 Å². The molecule has 0 spiro atoms. The van der Waals surface area contributed by atoms with Crippen LogP contribution in [0, 0.1) is 0 Å². The summed E-state index contributed by atoms with van der Waals surface area (Å²) < 4.78 is 0.931. The Morgan fingerprint density at radius 2 is 2.16 bits per heavy atom. The summed E-state index contributed by atoms with van der Waals surface area (Å²) in [4.78, 5) is 2.30. The van der Waals surface area contributed by atoms with Crippen molar-refractivity contribution in [1.82, 2.24) is 0 Å². The maximum atomic E-state index is 9.67. The van der Waals surface area contributed by atoms with E-state index in [0.29, 0.717) is 0 Å². The Morgan fingerprint density at radius 3 is 2.79 bits per heavy atom. The normalized spacial score (nSPS) is 22.1. The van der Waals surface area contributed by atoms with Gasteiger partial charge in [-0.2, -0.15) is 0 Å². The van der Waals surface area contributed by atoms with E-state index in [1.54, 1.807) is 6.92 Å². The van der Waals surface area contributed by atoms with E-state index in [0.717, 1.165) is 28.7 Å². The molecule has 0 saturated carbocycles. The van der Waals surface area contributed by atoms with E-state index in [1.807, 2.05) is 12.1 Å². The average Bonchev–Trinajstić information content (AvgIpc) is 2.63. The van der Waals surface area contributed by atoms with Crippen LogP contribution >= 0.6 is 15.9 Å². The summed E-state index contributed by atoms with van der Waals surface area (Å²) in [5, 5.41) is 19.2. The summed E-state index contributed by atoms with van der Waals surface area (Å²) in [6.07, 6.45) is 4.17. The summed E-state index contributed by atoms with van der Waals surface area (Å²) in [6, 6.07) is 6.27. The zero-order valence-corrected chi connectivity index (χ0v) is 12.9. The second kappa shape index (κ2) is 6.73. The van der Waals surface area contributed by atoms with Gasteiger partial charge in [0.25, 0.3) is 0 Å². The van der Waals surface area contributed by atoms with Gasteiger partial charge >= 0.3 is 0 Å². The van der Waals surface area contributed by atoms with Crippen molar-refractivity contribution in [1.29, 1.82) is 0 Å². The molecule has 3 nitrogen and oxygen atoms in total. The zero-order chi connectivity index (χ0) is 13.8. The molecule has 0 aromatic heterocycles. The first kappa shape index (κ1) is 14.8. The van der Waals surface area contributed by atoms with Gasteiger partial charge in [-0.25, -0.2) is 0 Å². The first-order chi connectivity index (χ1) is 9.13. The van der Waals surface area contributed by atoms with E-state index in [9.17, 15) is 10.2 Å². The first-order valence-corrected chi connectivity index (χ1v) is 7.77. The SMILES string of the molecule is C[C@H](O)c1ccc(N2CCCCCC2CO)cc1Br. The molecule has 1 aliphatic rings. The van der Waals surface area contributed by atoms with Crippen molar-refractivity contribution in [2.45, 2.75) is 44.8 Å². The van der Waals surface area contributed by atoms with Gasteiger partial charge in [-0.05, 0) is 37.5 Å². The van der Waals surface area contributed by atoms with Gasteiger partial charge in [0.2, 0.25) is 0 Å². The van der Waals surface area contributed by atoms with Crippen LogP contribution in [0.1, 0.15) is 44.3 Å². The number of hydrogen-bond acceptors (Lipinski definition) is 3. The standard InChI is InChI=1S/C15H22BrNO2/c1-11(19)14-7-6-12(9-15(14)16)17-8-4-2-3-5-13(17)10-18/h6-7,9,11,13,18-19H,2-5,8,10H2,1H3/t11-,13?/m0/s1. The zero-order valence-electron chi connectivity index (χ0n) is 11.3. The molecule has 0 radical (unpaired) electrons. The third-order valence-electron chi connectivity index (χ3n) is 3.85. The van der Waals surface area contributed by atoms with Crippen LogP contribution < -0.4 is 4.90 Å². The first-order valence-electron chi connectivity index (χ1n) is 6.98. The molecule has 0 amide bonds. The highest BCUT2D eigenvalue weighted by molar-refractivity contribution is 9.10. The van der Waals surface area contributed by atoms with Crippen molar-refractivity contribution in [3.8, 4) is 0 Å². The maximum absolute atomic E-state index is 9.67. The van der Waals surface area contributed by atoms with E-state index < -0.39 is 6.10 Å². The maximum Gasteiger partial charge on any atom is 0.0772 e. The summed E-state index contributed by atoms with van der Waals surface area (Å²) in [5.74, 6) is 0. The van der Waals surface area contributed by atoms with Crippen molar-refractivity contribution in [3.05, 3.63) is 28.2 Å². The van der Waals surface area contributed by atoms with E-state index in [4.69, 9.17) is 0 Å². The lowest BCUT2D eigenvalue weighted by Crippen LogP contribution is -2.37. The number of halogens is 1. The minimum absolute atomic E-state index is 0.204. The molecule has 2 atom stereocenters. The van der Waals surface area contributed by atoms with E-state index in [2.05, 4.69) is 26.9 Å². The molecule has 4 heteroatoms. The molecule has 2 N–H and O–H groups in total. The molecule has 1 fully saturated rings. The molecule has 2 rings (SSSR count). The predicted octanol–water partition coefficient (Wildman–Crippen LogP) is 3.24. The molecule has 19 heavy (non-hydrogen) atoms. The lowest BCUT2D eigenvalue weighted by molar-refractivity contribution is 0.198. The summed E-state index contributed by atoms with van der Waals surface area (Å²) in [5.41, 5.74) is 2.02. The van der Waals surface area contributed by atoms with Crippen LogP contribution in [-0.4, -0.2) is 29.4 Å². The Balaban J connectivity index is 2.26. The number of aliphatic hydroxyl groups excluding tert-OH is 2. The van der Waals surface area contributed by atoms with Crippen molar-refractivity contribution in [3.63, 3.8) is 0 Å². The van der Waals surface area contributed by atoms with Crippen LogP contribution in [0.4, 0.5) is 5.69 Å². The van der Waals surface area contributed by atoms with Crippen molar-refractivity contribution >= 4 is 21.6 Å². The van der Waals surface area contributed by atoms with Crippen LogP contribution in [0.5, 0.6) is 0 Å². The highest BCUT2D eigenvalue weighted by atomic mass is 79.9. The van der Waals surface area contributed by atoms with Gasteiger partial charge in [0.1, 0.15) is 0 Å². The average molecular weight is 328 g/mol. The highest BCUT2D eigenvalue weighted by Gasteiger charge is 2.21. The van der Waals surface area contributed by atoms with E-state index in [-0.39, 0.29) is 12.6 Å². The van der Waals surface area contributed by atoms with Crippen LogP contribution in [0.3, 0.4) is 0 Å². The second-order valence-electron chi connectivity index (χ2n) is 5.26. The van der Waals surface area contributed by atoms with Crippen LogP contribution in [0.15, 0.2) is 22.7 Å².